The van der Waals surface area contributed by atoms with Gasteiger partial charge in [-0.05, 0) is 69.0 Å². The van der Waals surface area contributed by atoms with E-state index in [2.05, 4.69) is 10.6 Å². The molecule has 2 N–H and O–H groups in total. The van der Waals surface area contributed by atoms with Crippen LogP contribution in [0.25, 0.3) is 0 Å². The largest absolute Gasteiger partial charge is 0.494 e. The summed E-state index contributed by atoms with van der Waals surface area (Å²) in [7, 11) is 0. The fraction of sp³-hybridized carbons (Fsp3) is 0.412. The zero-order valence-electron chi connectivity index (χ0n) is 24.6. The highest BCUT2D eigenvalue weighted by Crippen LogP contribution is 2.19. The molecule has 220 valence electrons. The van der Waals surface area contributed by atoms with Gasteiger partial charge in [0.15, 0.2) is 0 Å². The number of unbranched alkanes of at least 4 members (excludes halogenated alkanes) is 5. The number of hydrogen-bond donors (Lipinski definition) is 2. The monoisotopic (exact) mass is 560 g/mol. The van der Waals surface area contributed by atoms with Gasteiger partial charge in [-0.3, -0.25) is 4.79 Å². The number of nitrogens with one attached hydrogen (secondary N) is 2. The van der Waals surface area contributed by atoms with Crippen molar-refractivity contribution in [2.75, 3.05) is 13.2 Å². The van der Waals surface area contributed by atoms with Crippen molar-refractivity contribution >= 4 is 12.0 Å². The number of ether oxygens (including phenoxy) is 3. The predicted octanol–water partition coefficient (Wildman–Crippen LogP) is 7.37. The lowest BCUT2D eigenvalue weighted by Crippen LogP contribution is -2.42. The third kappa shape index (κ3) is 12.8. The van der Waals surface area contributed by atoms with Gasteiger partial charge < -0.3 is 24.8 Å². The van der Waals surface area contributed by atoms with E-state index in [1.165, 1.54) is 0 Å². The van der Waals surface area contributed by atoms with Gasteiger partial charge in [0.25, 0.3) is 0 Å². The van der Waals surface area contributed by atoms with Crippen molar-refractivity contribution in [3.63, 3.8) is 0 Å². The van der Waals surface area contributed by atoms with Gasteiger partial charge in [0.2, 0.25) is 5.91 Å². The van der Waals surface area contributed by atoms with Crippen molar-refractivity contribution in [3.05, 3.63) is 96.1 Å². The first kappa shape index (κ1) is 31.5. The van der Waals surface area contributed by atoms with Gasteiger partial charge in [-0.2, -0.15) is 0 Å². The van der Waals surface area contributed by atoms with Crippen LogP contribution in [0.3, 0.4) is 0 Å². The van der Waals surface area contributed by atoms with E-state index >= 15 is 0 Å². The normalized spacial score (nSPS) is 11.8. The van der Waals surface area contributed by atoms with E-state index in [9.17, 15) is 9.59 Å². The molecule has 0 saturated heterocycles. The van der Waals surface area contributed by atoms with Gasteiger partial charge >= 0.3 is 6.09 Å². The molecule has 3 aromatic rings. The van der Waals surface area contributed by atoms with E-state index in [0.29, 0.717) is 25.3 Å². The minimum atomic E-state index is -0.802. The van der Waals surface area contributed by atoms with Crippen LogP contribution in [0.1, 0.15) is 76.5 Å². The molecule has 7 nitrogen and oxygen atoms in total. The van der Waals surface area contributed by atoms with Crippen LogP contribution in [0, 0.1) is 0 Å². The standard InChI is InChI=1S/C34H44N2O5/c1-34(2,3)41-33(38)36-31(28-18-12-9-13-19-28)32(37)35-24-14-6-4-5-7-15-25-39-29-20-22-30(23-21-29)40-26-27-16-10-8-11-17-27/h8-13,16-23,31H,4-7,14-15,24-26H2,1-3H3,(H,35,37)(H,36,38)/t31-/m0/s1. The minimum Gasteiger partial charge on any atom is -0.494 e. The van der Waals surface area contributed by atoms with Crippen molar-refractivity contribution in [3.8, 4) is 11.5 Å². The molecule has 0 radical (unpaired) electrons. The predicted molar refractivity (Wildman–Crippen MR) is 162 cm³/mol. The summed E-state index contributed by atoms with van der Waals surface area (Å²) in [6.07, 6.45) is 5.61. The summed E-state index contributed by atoms with van der Waals surface area (Å²) < 4.78 is 17.0. The Morgan fingerprint density at radius 3 is 1.90 bits per heavy atom. The van der Waals surface area contributed by atoms with Crippen molar-refractivity contribution in [1.29, 1.82) is 0 Å². The highest BCUT2D eigenvalue weighted by Gasteiger charge is 2.25. The lowest BCUT2D eigenvalue weighted by atomic mass is 10.1. The lowest BCUT2D eigenvalue weighted by Gasteiger charge is -2.23. The molecule has 0 fully saturated rings. The number of carbonyl (C=O) groups is 2. The molecular formula is C34H44N2O5. The molecule has 7 heteroatoms. The first-order valence-corrected chi connectivity index (χ1v) is 14.5. The quantitative estimate of drug-likeness (QED) is 0.179. The molecule has 1 atom stereocenters. The van der Waals surface area contributed by atoms with Crippen LogP contribution in [-0.4, -0.2) is 30.8 Å². The van der Waals surface area contributed by atoms with E-state index in [1.54, 1.807) is 20.8 Å². The third-order valence-electron chi connectivity index (χ3n) is 6.27. The summed E-state index contributed by atoms with van der Waals surface area (Å²) in [4.78, 5) is 25.2. The minimum absolute atomic E-state index is 0.241. The van der Waals surface area contributed by atoms with Gasteiger partial charge in [0.1, 0.15) is 29.7 Å². The lowest BCUT2D eigenvalue weighted by molar-refractivity contribution is -0.123. The maximum absolute atomic E-state index is 12.9. The Balaban J connectivity index is 1.24. The van der Waals surface area contributed by atoms with Gasteiger partial charge in [0, 0.05) is 6.54 Å². The summed E-state index contributed by atoms with van der Waals surface area (Å²) in [5.41, 5.74) is 1.21. The first-order chi connectivity index (χ1) is 19.8. The zero-order valence-corrected chi connectivity index (χ0v) is 24.6. The maximum atomic E-state index is 12.9. The van der Waals surface area contributed by atoms with Gasteiger partial charge in [-0.15, -0.1) is 0 Å². The number of carbonyl (C=O) groups excluding carboxylic acids is 2. The van der Waals surface area contributed by atoms with Gasteiger partial charge in [-0.1, -0.05) is 86.3 Å². The number of benzene rings is 3. The first-order valence-electron chi connectivity index (χ1n) is 14.5. The van der Waals surface area contributed by atoms with E-state index in [0.717, 1.165) is 55.6 Å². The van der Waals surface area contributed by atoms with Crippen LogP contribution < -0.4 is 20.1 Å². The van der Waals surface area contributed by atoms with Crippen molar-refractivity contribution in [1.82, 2.24) is 10.6 Å². The van der Waals surface area contributed by atoms with E-state index in [4.69, 9.17) is 14.2 Å². The second-order valence-electron chi connectivity index (χ2n) is 11.0. The molecular weight excluding hydrogens is 516 g/mol. The fourth-order valence-electron chi connectivity index (χ4n) is 4.18. The average molecular weight is 561 g/mol. The molecule has 0 aliphatic rings. The second-order valence-corrected chi connectivity index (χ2v) is 11.0. The molecule has 0 saturated carbocycles. The molecule has 0 unspecified atom stereocenters. The molecule has 0 bridgehead atoms. The van der Waals surface area contributed by atoms with E-state index < -0.39 is 17.7 Å². The summed E-state index contributed by atoms with van der Waals surface area (Å²) in [5, 5.41) is 5.67. The number of hydrogen-bond acceptors (Lipinski definition) is 5. The Morgan fingerprint density at radius 2 is 1.27 bits per heavy atom. The molecule has 2 amide bonds. The number of rotatable bonds is 16. The van der Waals surface area contributed by atoms with Crippen LogP contribution in [0.4, 0.5) is 4.79 Å². The smallest absolute Gasteiger partial charge is 0.408 e. The van der Waals surface area contributed by atoms with E-state index in [1.807, 2.05) is 84.9 Å². The molecule has 3 aromatic carbocycles. The molecule has 41 heavy (non-hydrogen) atoms. The Bertz CT molecular complexity index is 1160. The van der Waals surface area contributed by atoms with Crippen LogP contribution in [0.2, 0.25) is 0 Å². The molecule has 0 aromatic heterocycles. The fourth-order valence-corrected chi connectivity index (χ4v) is 4.18. The molecule has 3 rings (SSSR count). The molecule has 0 aliphatic heterocycles. The molecule has 0 spiro atoms. The third-order valence-corrected chi connectivity index (χ3v) is 6.27. The Hall–Kier alpha value is -4.00. The molecule has 0 aliphatic carbocycles. The highest BCUT2D eigenvalue weighted by atomic mass is 16.6. The zero-order chi connectivity index (χ0) is 29.3. The summed E-state index contributed by atoms with van der Waals surface area (Å²) >= 11 is 0. The molecule has 0 heterocycles. The summed E-state index contributed by atoms with van der Waals surface area (Å²) in [6.45, 7) is 7.17. The van der Waals surface area contributed by atoms with Gasteiger partial charge in [-0.25, -0.2) is 4.79 Å². The maximum Gasteiger partial charge on any atom is 0.408 e. The van der Waals surface area contributed by atoms with Crippen molar-refractivity contribution in [2.45, 2.75) is 77.5 Å². The average Bonchev–Trinajstić information content (AvgIpc) is 2.96. The number of alkyl carbamates (subject to hydrolysis) is 1. The number of amides is 2. The summed E-state index contributed by atoms with van der Waals surface area (Å²) in [5.74, 6) is 1.44. The van der Waals surface area contributed by atoms with Crippen molar-refractivity contribution < 1.29 is 23.8 Å². The Morgan fingerprint density at radius 1 is 0.707 bits per heavy atom. The van der Waals surface area contributed by atoms with Crippen LogP contribution >= 0.6 is 0 Å². The van der Waals surface area contributed by atoms with Crippen LogP contribution in [0.15, 0.2) is 84.9 Å². The van der Waals surface area contributed by atoms with Crippen molar-refractivity contribution in [2.24, 2.45) is 0 Å². The Labute approximate surface area is 244 Å². The summed E-state index contributed by atoms with van der Waals surface area (Å²) in [6, 6.07) is 26.3. The Kier molecular flexibility index (Phi) is 13.0. The van der Waals surface area contributed by atoms with Crippen LogP contribution in [0.5, 0.6) is 11.5 Å². The van der Waals surface area contributed by atoms with Gasteiger partial charge in [0.05, 0.1) is 6.61 Å². The highest BCUT2D eigenvalue weighted by molar-refractivity contribution is 5.86. The van der Waals surface area contributed by atoms with Crippen LogP contribution in [-0.2, 0) is 16.1 Å². The SMILES string of the molecule is CC(C)(C)OC(=O)N[C@H](C(=O)NCCCCCCCCOc1ccc(OCc2ccccc2)cc1)c1ccccc1. The van der Waals surface area contributed by atoms with E-state index in [-0.39, 0.29) is 5.91 Å². The topological polar surface area (TPSA) is 85.9 Å². The second kappa shape index (κ2) is 17.0.